The van der Waals surface area contributed by atoms with Crippen molar-refractivity contribution in [2.45, 2.75) is 31.6 Å². The third kappa shape index (κ3) is 5.55. The Kier molecular flexibility index (Phi) is 12.8. The molecule has 0 radical (unpaired) electrons. The summed E-state index contributed by atoms with van der Waals surface area (Å²) in [5, 5.41) is 2.66. The van der Waals surface area contributed by atoms with Crippen molar-refractivity contribution >= 4 is 10.8 Å². The Morgan fingerprint density at radius 1 is 0.700 bits per heavy atom. The van der Waals surface area contributed by atoms with E-state index >= 15 is 0 Å². The molecule has 0 aliphatic carbocycles. The summed E-state index contributed by atoms with van der Waals surface area (Å²) in [6, 6.07) is 35.6. The second-order valence-electron chi connectivity index (χ2n) is 7.11. The molecule has 4 heteroatoms. The monoisotopic (exact) mass is 490 g/mol. The molecule has 0 aromatic heterocycles. The SMILES string of the molecule is CCCCC(c1ccccc1)(c1ccccc1)c1cc2ccccc2[cH-]1.[Cl-].[Cl-].[Cl-].[Ti+4]. The number of rotatable bonds is 6. The van der Waals surface area contributed by atoms with Crippen LogP contribution in [0.5, 0.6) is 0 Å². The third-order valence-electron chi connectivity index (χ3n) is 5.55. The molecule has 154 valence electrons. The average molecular weight is 492 g/mol. The zero-order valence-electron chi connectivity index (χ0n) is 17.0. The first-order chi connectivity index (χ1) is 12.8. The number of hydrogen-bond donors (Lipinski definition) is 0. The summed E-state index contributed by atoms with van der Waals surface area (Å²) in [7, 11) is 0. The molecule has 0 heterocycles. The van der Waals surface area contributed by atoms with E-state index in [9.17, 15) is 0 Å². The van der Waals surface area contributed by atoms with Crippen LogP contribution in [0.3, 0.4) is 0 Å². The summed E-state index contributed by atoms with van der Waals surface area (Å²) >= 11 is 0. The number of benzene rings is 3. The first-order valence-corrected chi connectivity index (χ1v) is 9.61. The maximum absolute atomic E-state index is 2.39. The van der Waals surface area contributed by atoms with Gasteiger partial charge in [0.25, 0.3) is 0 Å². The summed E-state index contributed by atoms with van der Waals surface area (Å²) in [4.78, 5) is 0. The molecule has 0 saturated heterocycles. The maximum atomic E-state index is 2.39. The quantitative estimate of drug-likeness (QED) is 0.218. The molecule has 0 unspecified atom stereocenters. The van der Waals surface area contributed by atoms with Gasteiger partial charge in [0.2, 0.25) is 0 Å². The van der Waals surface area contributed by atoms with E-state index in [1.54, 1.807) is 0 Å². The Morgan fingerprint density at radius 3 is 1.70 bits per heavy atom. The summed E-state index contributed by atoms with van der Waals surface area (Å²) in [5.41, 5.74) is 4.08. The third-order valence-corrected chi connectivity index (χ3v) is 5.55. The van der Waals surface area contributed by atoms with E-state index in [0.717, 1.165) is 6.42 Å². The van der Waals surface area contributed by atoms with Gasteiger partial charge < -0.3 is 37.2 Å². The van der Waals surface area contributed by atoms with Gasteiger partial charge in [0.1, 0.15) is 0 Å². The fourth-order valence-corrected chi connectivity index (χ4v) is 4.22. The normalized spacial score (nSPS) is 10.2. The van der Waals surface area contributed by atoms with Crippen LogP contribution in [0.25, 0.3) is 10.8 Å². The van der Waals surface area contributed by atoms with Gasteiger partial charge in [-0.3, -0.25) is 0 Å². The molecule has 0 bridgehead atoms. The van der Waals surface area contributed by atoms with Crippen molar-refractivity contribution in [2.24, 2.45) is 0 Å². The van der Waals surface area contributed by atoms with Crippen LogP contribution < -0.4 is 37.2 Å². The predicted molar refractivity (Wildman–Crippen MR) is 112 cm³/mol. The number of unbranched alkanes of at least 4 members (excludes halogenated alkanes) is 1. The molecule has 0 nitrogen and oxygen atoms in total. The molecule has 0 atom stereocenters. The van der Waals surface area contributed by atoms with Gasteiger partial charge in [-0.15, -0.1) is 40.6 Å². The molecule has 0 spiro atoms. The fraction of sp³-hybridized carbons (Fsp3) is 0.192. The first kappa shape index (κ1) is 28.9. The second-order valence-corrected chi connectivity index (χ2v) is 7.11. The first-order valence-electron chi connectivity index (χ1n) is 9.61. The van der Waals surface area contributed by atoms with Crippen LogP contribution >= 0.6 is 0 Å². The molecule has 0 fully saturated rings. The van der Waals surface area contributed by atoms with Gasteiger partial charge in [0.05, 0.1) is 0 Å². The maximum Gasteiger partial charge on any atom is 4.00 e. The van der Waals surface area contributed by atoms with Gasteiger partial charge in [0.15, 0.2) is 0 Å². The van der Waals surface area contributed by atoms with Crippen LogP contribution in [0.2, 0.25) is 0 Å². The molecule has 0 aliphatic heterocycles. The van der Waals surface area contributed by atoms with Crippen LogP contribution in [-0.2, 0) is 27.1 Å². The van der Waals surface area contributed by atoms with Gasteiger partial charge in [-0.25, -0.2) is 0 Å². The van der Waals surface area contributed by atoms with E-state index in [1.165, 1.54) is 40.3 Å². The topological polar surface area (TPSA) is 0 Å². The molecule has 0 amide bonds. The van der Waals surface area contributed by atoms with Crippen molar-refractivity contribution < 1.29 is 58.9 Å². The van der Waals surface area contributed by atoms with Gasteiger partial charge in [-0.05, 0) is 17.5 Å². The van der Waals surface area contributed by atoms with Crippen LogP contribution in [0.1, 0.15) is 42.9 Å². The summed E-state index contributed by atoms with van der Waals surface area (Å²) in [6.45, 7) is 2.28. The minimum absolute atomic E-state index is 0. The molecule has 0 aliphatic rings. The minimum Gasteiger partial charge on any atom is -1.00 e. The van der Waals surface area contributed by atoms with E-state index in [0.29, 0.717) is 0 Å². The van der Waals surface area contributed by atoms with Crippen molar-refractivity contribution in [3.8, 4) is 0 Å². The van der Waals surface area contributed by atoms with E-state index in [-0.39, 0.29) is 64.4 Å². The Labute approximate surface area is 214 Å². The average Bonchev–Trinajstić information content (AvgIpc) is 3.15. The van der Waals surface area contributed by atoms with E-state index in [4.69, 9.17) is 0 Å². The standard InChI is InChI=1S/C26H25.3ClH.Ti/c1-2-3-18-26(23-14-6-4-7-15-23,24-16-8-5-9-17-24)25-19-21-12-10-11-13-22(21)20-25;;;;/h4-17,19-20H,2-3,18H2,1H3;3*1H;/q-1;;;;+4/p-3. The Balaban J connectivity index is 0.00000210. The van der Waals surface area contributed by atoms with Crippen molar-refractivity contribution in [2.75, 3.05) is 0 Å². The number of halogens is 3. The molecule has 0 N–H and O–H groups in total. The zero-order valence-corrected chi connectivity index (χ0v) is 20.8. The van der Waals surface area contributed by atoms with Crippen molar-refractivity contribution in [1.82, 2.24) is 0 Å². The number of fused-ring (bicyclic) bond motifs is 1. The predicted octanol–water partition coefficient (Wildman–Crippen LogP) is -1.91. The largest absolute Gasteiger partial charge is 4.00 e. The van der Waals surface area contributed by atoms with Crippen LogP contribution in [0.15, 0.2) is 97.1 Å². The molecule has 4 aromatic rings. The zero-order chi connectivity index (χ0) is 17.8. The Morgan fingerprint density at radius 2 is 1.20 bits per heavy atom. The smallest absolute Gasteiger partial charge is 1.00 e. The van der Waals surface area contributed by atoms with Gasteiger partial charge in [-0.1, -0.05) is 86.5 Å². The van der Waals surface area contributed by atoms with Crippen LogP contribution in [0.4, 0.5) is 0 Å². The molecule has 4 aromatic carbocycles. The van der Waals surface area contributed by atoms with Gasteiger partial charge in [0, 0.05) is 5.41 Å². The van der Waals surface area contributed by atoms with E-state index < -0.39 is 0 Å². The van der Waals surface area contributed by atoms with Crippen LogP contribution in [-0.4, -0.2) is 0 Å². The molecule has 0 saturated carbocycles. The molecular formula is C26H25Cl3Ti. The van der Waals surface area contributed by atoms with Crippen molar-refractivity contribution in [3.63, 3.8) is 0 Å². The fourth-order valence-electron chi connectivity index (χ4n) is 4.22. The van der Waals surface area contributed by atoms with Gasteiger partial charge in [-0.2, -0.15) is 6.07 Å². The van der Waals surface area contributed by atoms with E-state index in [2.05, 4.69) is 104 Å². The number of hydrogen-bond acceptors (Lipinski definition) is 0. The van der Waals surface area contributed by atoms with E-state index in [1.807, 2.05) is 0 Å². The van der Waals surface area contributed by atoms with Crippen LogP contribution in [0, 0.1) is 0 Å². The Hall–Kier alpha value is -1.15. The second kappa shape index (κ2) is 13.3. The Bertz CT molecular complexity index is 908. The molecule has 30 heavy (non-hydrogen) atoms. The summed E-state index contributed by atoms with van der Waals surface area (Å²) in [6.07, 6.45) is 3.51. The molecule has 4 rings (SSSR count). The van der Waals surface area contributed by atoms with Gasteiger partial charge >= 0.3 is 21.7 Å². The van der Waals surface area contributed by atoms with Crippen molar-refractivity contribution in [3.05, 3.63) is 114 Å². The molecular weight excluding hydrogens is 467 g/mol. The summed E-state index contributed by atoms with van der Waals surface area (Å²) in [5.74, 6) is 0. The summed E-state index contributed by atoms with van der Waals surface area (Å²) < 4.78 is 0. The minimum atomic E-state index is -0.0997. The van der Waals surface area contributed by atoms with Crippen molar-refractivity contribution in [1.29, 1.82) is 0 Å².